The molecule has 0 saturated heterocycles. The molecule has 0 aliphatic heterocycles. The van der Waals surface area contributed by atoms with Crippen molar-refractivity contribution in [2.24, 2.45) is 0 Å². The SMILES string of the molecule is O=S(=O)(Nc1ccc(-n2cccc2)cc1)c1cc(C(F)(F)F)cc(C(F)(F)F)c1. The minimum absolute atomic E-state index is 0.0214. The average molecular weight is 434 g/mol. The molecule has 154 valence electrons. The third-order valence-electron chi connectivity index (χ3n) is 3.89. The van der Waals surface area contributed by atoms with Crippen molar-refractivity contribution in [3.63, 3.8) is 0 Å². The highest BCUT2D eigenvalue weighted by Gasteiger charge is 2.38. The van der Waals surface area contributed by atoms with Crippen LogP contribution in [0.1, 0.15) is 11.1 Å². The molecule has 0 amide bonds. The summed E-state index contributed by atoms with van der Waals surface area (Å²) in [7, 11) is -4.70. The molecule has 0 atom stereocenters. The lowest BCUT2D eigenvalue weighted by atomic mass is 10.1. The smallest absolute Gasteiger partial charge is 0.324 e. The van der Waals surface area contributed by atoms with Crippen LogP contribution in [0.25, 0.3) is 5.69 Å². The first kappa shape index (κ1) is 20.8. The molecule has 29 heavy (non-hydrogen) atoms. The third-order valence-corrected chi connectivity index (χ3v) is 5.25. The predicted molar refractivity (Wildman–Crippen MR) is 93.0 cm³/mol. The first-order chi connectivity index (χ1) is 13.4. The molecule has 0 saturated carbocycles. The molecule has 0 fully saturated rings. The summed E-state index contributed by atoms with van der Waals surface area (Å²) in [5.41, 5.74) is -2.77. The Balaban J connectivity index is 1.96. The number of anilines is 1. The zero-order chi connectivity index (χ0) is 21.4. The summed E-state index contributed by atoms with van der Waals surface area (Å²) in [6.07, 6.45) is -6.82. The van der Waals surface area contributed by atoms with E-state index in [0.29, 0.717) is 5.69 Å². The maximum atomic E-state index is 12.9. The summed E-state index contributed by atoms with van der Waals surface area (Å²) in [6.45, 7) is 0. The maximum absolute atomic E-state index is 12.9. The van der Waals surface area contributed by atoms with Crippen LogP contribution >= 0.6 is 0 Å². The van der Waals surface area contributed by atoms with E-state index in [4.69, 9.17) is 0 Å². The fraction of sp³-hybridized carbons (Fsp3) is 0.111. The van der Waals surface area contributed by atoms with Crippen LogP contribution in [0.5, 0.6) is 0 Å². The topological polar surface area (TPSA) is 51.1 Å². The molecule has 0 bridgehead atoms. The number of sulfonamides is 1. The Morgan fingerprint density at radius 1 is 0.759 bits per heavy atom. The van der Waals surface area contributed by atoms with Crippen LogP contribution in [-0.4, -0.2) is 13.0 Å². The van der Waals surface area contributed by atoms with E-state index < -0.39 is 38.4 Å². The van der Waals surface area contributed by atoms with Gasteiger partial charge in [0.15, 0.2) is 0 Å². The van der Waals surface area contributed by atoms with Crippen molar-refractivity contribution < 1.29 is 34.8 Å². The van der Waals surface area contributed by atoms with Gasteiger partial charge < -0.3 is 4.57 Å². The van der Waals surface area contributed by atoms with Crippen LogP contribution in [0, 0.1) is 0 Å². The second-order valence-corrected chi connectivity index (χ2v) is 7.67. The van der Waals surface area contributed by atoms with E-state index in [1.807, 2.05) is 4.72 Å². The summed E-state index contributed by atoms with van der Waals surface area (Å²) in [4.78, 5) is -1.14. The number of aromatic nitrogens is 1. The number of alkyl halides is 6. The predicted octanol–water partition coefficient (Wildman–Crippen LogP) is 5.32. The van der Waals surface area contributed by atoms with E-state index in [9.17, 15) is 34.8 Å². The van der Waals surface area contributed by atoms with Gasteiger partial charge in [0.05, 0.1) is 16.0 Å². The summed E-state index contributed by atoms with van der Waals surface area (Å²) >= 11 is 0. The lowest BCUT2D eigenvalue weighted by molar-refractivity contribution is -0.143. The molecular formula is C18H12F6N2O2S. The van der Waals surface area contributed by atoms with Crippen LogP contribution < -0.4 is 4.72 Å². The number of halogens is 6. The zero-order valence-electron chi connectivity index (χ0n) is 14.3. The van der Waals surface area contributed by atoms with Crippen LogP contribution in [0.4, 0.5) is 32.0 Å². The number of nitrogens with one attached hydrogen (secondary N) is 1. The van der Waals surface area contributed by atoms with Gasteiger partial charge in [0.1, 0.15) is 0 Å². The van der Waals surface area contributed by atoms with Gasteiger partial charge in [-0.2, -0.15) is 26.3 Å². The number of hydrogen-bond acceptors (Lipinski definition) is 2. The molecule has 2 aromatic carbocycles. The number of benzene rings is 2. The van der Waals surface area contributed by atoms with Gasteiger partial charge in [0.2, 0.25) is 0 Å². The monoisotopic (exact) mass is 434 g/mol. The van der Waals surface area contributed by atoms with Crippen molar-refractivity contribution in [3.05, 3.63) is 78.1 Å². The van der Waals surface area contributed by atoms with Crippen molar-refractivity contribution in [1.29, 1.82) is 0 Å². The molecule has 0 spiro atoms. The molecule has 0 unspecified atom stereocenters. The number of nitrogens with zero attached hydrogens (tertiary/aromatic N) is 1. The van der Waals surface area contributed by atoms with E-state index in [2.05, 4.69) is 0 Å². The summed E-state index contributed by atoms with van der Waals surface area (Å²) in [5.74, 6) is 0. The lowest BCUT2D eigenvalue weighted by Gasteiger charge is -2.15. The highest BCUT2D eigenvalue weighted by atomic mass is 32.2. The molecule has 0 radical (unpaired) electrons. The fourth-order valence-electron chi connectivity index (χ4n) is 2.50. The Kier molecular flexibility index (Phi) is 5.11. The molecule has 4 nitrogen and oxygen atoms in total. The molecule has 3 rings (SSSR count). The molecule has 0 aliphatic rings. The molecular weight excluding hydrogens is 422 g/mol. The third kappa shape index (κ3) is 4.73. The van der Waals surface area contributed by atoms with Crippen LogP contribution in [0.3, 0.4) is 0 Å². The second kappa shape index (κ2) is 7.14. The van der Waals surface area contributed by atoms with Crippen molar-refractivity contribution in [3.8, 4) is 5.69 Å². The first-order valence-electron chi connectivity index (χ1n) is 7.92. The summed E-state index contributed by atoms with van der Waals surface area (Å²) < 4.78 is 106. The van der Waals surface area contributed by atoms with Gasteiger partial charge in [-0.05, 0) is 54.6 Å². The van der Waals surface area contributed by atoms with Crippen molar-refractivity contribution >= 4 is 15.7 Å². The van der Waals surface area contributed by atoms with Gasteiger partial charge >= 0.3 is 12.4 Å². The zero-order valence-corrected chi connectivity index (χ0v) is 15.1. The van der Waals surface area contributed by atoms with Gasteiger partial charge in [-0.3, -0.25) is 4.72 Å². The molecule has 3 aromatic rings. The largest absolute Gasteiger partial charge is 0.416 e. The highest BCUT2D eigenvalue weighted by molar-refractivity contribution is 7.92. The van der Waals surface area contributed by atoms with E-state index in [1.165, 1.54) is 24.3 Å². The molecule has 1 heterocycles. The highest BCUT2D eigenvalue weighted by Crippen LogP contribution is 2.37. The van der Waals surface area contributed by atoms with Crippen LogP contribution in [0.15, 0.2) is 71.9 Å². The quantitative estimate of drug-likeness (QED) is 0.566. The Hall–Kier alpha value is -2.95. The van der Waals surface area contributed by atoms with E-state index in [0.717, 1.165) is 0 Å². The summed E-state index contributed by atoms with van der Waals surface area (Å²) in [5, 5.41) is 0. The van der Waals surface area contributed by atoms with E-state index >= 15 is 0 Å². The average Bonchev–Trinajstić information content (AvgIpc) is 3.15. The van der Waals surface area contributed by atoms with Gasteiger partial charge in [-0.1, -0.05) is 0 Å². The fourth-order valence-corrected chi connectivity index (χ4v) is 3.63. The normalized spacial score (nSPS) is 12.8. The van der Waals surface area contributed by atoms with Gasteiger partial charge in [-0.15, -0.1) is 0 Å². The molecule has 1 aromatic heterocycles. The summed E-state index contributed by atoms with van der Waals surface area (Å²) in [6, 6.07) is 9.46. The van der Waals surface area contributed by atoms with Gasteiger partial charge in [-0.25, -0.2) is 8.42 Å². The van der Waals surface area contributed by atoms with E-state index in [-0.39, 0.29) is 23.9 Å². The van der Waals surface area contributed by atoms with Gasteiger partial charge in [0.25, 0.3) is 10.0 Å². The molecule has 11 heteroatoms. The second-order valence-electron chi connectivity index (χ2n) is 5.98. The lowest BCUT2D eigenvalue weighted by Crippen LogP contribution is -2.17. The number of hydrogen-bond donors (Lipinski definition) is 1. The molecule has 0 aliphatic carbocycles. The minimum atomic E-state index is -5.15. The van der Waals surface area contributed by atoms with E-state index in [1.54, 1.807) is 29.1 Å². The standard InChI is InChI=1S/C18H12F6N2O2S/c19-17(20,21)12-9-13(18(22,23)24)11-16(10-12)29(27,28)25-14-3-5-15(6-4-14)26-7-1-2-8-26/h1-11,25H. The van der Waals surface area contributed by atoms with Crippen LogP contribution in [0.2, 0.25) is 0 Å². The minimum Gasteiger partial charge on any atom is -0.324 e. The Morgan fingerprint density at radius 2 is 1.24 bits per heavy atom. The first-order valence-corrected chi connectivity index (χ1v) is 9.40. The maximum Gasteiger partial charge on any atom is 0.416 e. The van der Waals surface area contributed by atoms with Crippen LogP contribution in [-0.2, 0) is 22.4 Å². The van der Waals surface area contributed by atoms with Crippen molar-refractivity contribution in [2.45, 2.75) is 17.2 Å². The van der Waals surface area contributed by atoms with Crippen molar-refractivity contribution in [2.75, 3.05) is 4.72 Å². The van der Waals surface area contributed by atoms with Gasteiger partial charge in [0, 0.05) is 23.8 Å². The Morgan fingerprint density at radius 3 is 1.69 bits per heavy atom. The Bertz CT molecular complexity index is 1070. The van der Waals surface area contributed by atoms with Crippen molar-refractivity contribution in [1.82, 2.24) is 4.57 Å². The molecule has 1 N–H and O–H groups in total. The number of rotatable bonds is 4. The Labute approximate surface area is 161 Å².